The number of imidazole rings is 1. The third kappa shape index (κ3) is 5.77. The first-order chi connectivity index (χ1) is 18.7. The molecule has 196 valence electrons. The molecule has 0 fully saturated rings. The molecule has 39 heavy (non-hydrogen) atoms. The Morgan fingerprint density at radius 3 is 2.23 bits per heavy atom. The molecule has 0 saturated carbocycles. The summed E-state index contributed by atoms with van der Waals surface area (Å²) in [5.74, 6) is 2.56. The number of nitrogens with one attached hydrogen (secondary N) is 1. The molecule has 5 aromatic rings. The predicted octanol–water partition coefficient (Wildman–Crippen LogP) is 3.20. The normalized spacial score (nSPS) is 10.7. The first-order valence-electron chi connectivity index (χ1n) is 11.9. The minimum Gasteiger partial charge on any atom is -0.457 e. The van der Waals surface area contributed by atoms with Gasteiger partial charge < -0.3 is 24.1 Å². The van der Waals surface area contributed by atoms with E-state index in [1.165, 1.54) is 4.90 Å². The molecule has 0 atom stereocenters. The van der Waals surface area contributed by atoms with Crippen LogP contribution in [-0.4, -0.2) is 50.7 Å². The number of hydrogen-bond acceptors (Lipinski definition) is 7. The highest BCUT2D eigenvalue weighted by Crippen LogP contribution is 2.33. The van der Waals surface area contributed by atoms with Crippen LogP contribution in [0.2, 0.25) is 0 Å². The minimum atomic E-state index is -0.159. The van der Waals surface area contributed by atoms with Crippen LogP contribution in [0.4, 0.5) is 0 Å². The summed E-state index contributed by atoms with van der Waals surface area (Å²) in [6.07, 6.45) is 0. The Bertz CT molecular complexity index is 1680. The van der Waals surface area contributed by atoms with E-state index in [9.17, 15) is 4.79 Å². The average Bonchev–Trinajstić information content (AvgIpc) is 3.29. The molecular formula is C28H26N7O4+. The lowest BCUT2D eigenvalue weighted by Crippen LogP contribution is -2.46. The van der Waals surface area contributed by atoms with Crippen LogP contribution in [-0.2, 0) is 0 Å². The summed E-state index contributed by atoms with van der Waals surface area (Å²) in [6.45, 7) is 1.79. The molecule has 2 aromatic heterocycles. The van der Waals surface area contributed by atoms with Gasteiger partial charge in [0.2, 0.25) is 0 Å². The van der Waals surface area contributed by atoms with Gasteiger partial charge >= 0.3 is 6.01 Å². The van der Waals surface area contributed by atoms with E-state index < -0.39 is 0 Å². The molecule has 0 spiro atoms. The monoisotopic (exact) mass is 524 g/mol. The number of hydrogen-bond donors (Lipinski definition) is 3. The molecular weight excluding hydrogens is 498 g/mol. The highest BCUT2D eigenvalue weighted by atomic mass is 16.5. The zero-order valence-corrected chi connectivity index (χ0v) is 21.5. The van der Waals surface area contributed by atoms with Crippen LogP contribution in [0.1, 0.15) is 21.7 Å². The second-order valence-electron chi connectivity index (χ2n) is 8.83. The maximum Gasteiger partial charge on any atom is 0.327 e. The highest BCUT2D eigenvalue weighted by Gasteiger charge is 2.18. The number of fused-ring (bicyclic) bond motifs is 1. The molecule has 1 amide bonds. The Balaban J connectivity index is 1.50. The van der Waals surface area contributed by atoms with Gasteiger partial charge in [-0.15, -0.1) is 0 Å². The van der Waals surface area contributed by atoms with Crippen LogP contribution in [0.3, 0.4) is 0 Å². The van der Waals surface area contributed by atoms with Crippen molar-refractivity contribution in [2.45, 2.75) is 6.92 Å². The fourth-order valence-corrected chi connectivity index (χ4v) is 3.74. The van der Waals surface area contributed by atoms with Crippen molar-refractivity contribution in [2.75, 3.05) is 14.1 Å². The third-order valence-corrected chi connectivity index (χ3v) is 5.52. The third-order valence-electron chi connectivity index (χ3n) is 5.52. The van der Waals surface area contributed by atoms with E-state index in [0.29, 0.717) is 51.1 Å². The van der Waals surface area contributed by atoms with Crippen molar-refractivity contribution in [1.29, 1.82) is 0 Å². The summed E-state index contributed by atoms with van der Waals surface area (Å²) in [4.78, 5) is 30.3. The first-order valence-corrected chi connectivity index (χ1v) is 11.9. The lowest BCUT2D eigenvalue weighted by atomic mass is 10.2. The van der Waals surface area contributed by atoms with E-state index in [-0.39, 0.29) is 23.6 Å². The maximum atomic E-state index is 12.4. The maximum absolute atomic E-state index is 12.4. The van der Waals surface area contributed by atoms with Gasteiger partial charge in [0.1, 0.15) is 34.3 Å². The summed E-state index contributed by atoms with van der Waals surface area (Å²) >= 11 is 0. The van der Waals surface area contributed by atoms with Crippen LogP contribution in [0.5, 0.6) is 34.9 Å². The van der Waals surface area contributed by atoms with Gasteiger partial charge in [-0.2, -0.15) is 9.97 Å². The molecule has 11 nitrogen and oxygen atoms in total. The van der Waals surface area contributed by atoms with Crippen LogP contribution in [0.25, 0.3) is 11.2 Å². The summed E-state index contributed by atoms with van der Waals surface area (Å²) in [6, 6.07) is 21.1. The average molecular weight is 525 g/mol. The lowest BCUT2D eigenvalue weighted by Gasteiger charge is -2.12. The molecule has 0 aliphatic carbocycles. The number of aromatic nitrogens is 4. The molecule has 0 aliphatic heterocycles. The second kappa shape index (κ2) is 10.5. The Morgan fingerprint density at radius 2 is 1.51 bits per heavy atom. The minimum absolute atomic E-state index is 0.0136. The number of aromatic amines is 1. The molecule has 3 aromatic carbocycles. The van der Waals surface area contributed by atoms with Crippen molar-refractivity contribution in [1.82, 2.24) is 24.8 Å². The van der Waals surface area contributed by atoms with Gasteiger partial charge in [-0.25, -0.2) is 4.98 Å². The number of amidine groups is 1. The largest absolute Gasteiger partial charge is 0.457 e. The van der Waals surface area contributed by atoms with Crippen molar-refractivity contribution >= 4 is 22.9 Å². The molecule has 0 aliphatic rings. The Kier molecular flexibility index (Phi) is 6.79. The standard InChI is InChI=1S/C28H25N7O4/c1-16-31-23-25(32-16)33-28(39-20-11-7-8-17(12-20)27(36)35(2)3)34-26(23)38-22-14-18(24(29)30)13-21(15-22)37-19-9-5-4-6-10-19/h4-15H,1-3H3,(H3,29,30)(H,31,32,33,34)/p+1. The number of rotatable bonds is 8. The second-order valence-corrected chi connectivity index (χ2v) is 8.83. The van der Waals surface area contributed by atoms with E-state index in [4.69, 9.17) is 25.4 Å². The zero-order valence-electron chi connectivity index (χ0n) is 21.5. The number of carbonyl (C=O) groups excluding carboxylic acids is 1. The van der Waals surface area contributed by atoms with Crippen LogP contribution in [0.15, 0.2) is 72.8 Å². The topological polar surface area (TPSA) is 154 Å². The Labute approximate surface area is 223 Å². The first kappa shape index (κ1) is 25.2. The number of benzene rings is 3. The number of nitrogens with zero attached hydrogens (tertiary/aromatic N) is 4. The van der Waals surface area contributed by atoms with Crippen LogP contribution < -0.4 is 25.4 Å². The van der Waals surface area contributed by atoms with E-state index in [1.807, 2.05) is 30.3 Å². The fourth-order valence-electron chi connectivity index (χ4n) is 3.74. The number of H-pyrrole nitrogens is 1. The van der Waals surface area contributed by atoms with Crippen molar-refractivity contribution in [3.8, 4) is 34.9 Å². The Hall–Kier alpha value is -5.45. The molecule has 0 saturated heterocycles. The van der Waals surface area contributed by atoms with Crippen molar-refractivity contribution in [3.05, 3.63) is 89.7 Å². The number of amides is 1. The number of nitrogens with two attached hydrogens (primary N) is 2. The molecule has 11 heteroatoms. The van der Waals surface area contributed by atoms with E-state index in [2.05, 4.69) is 19.9 Å². The van der Waals surface area contributed by atoms with Gasteiger partial charge in [-0.05, 0) is 49.4 Å². The van der Waals surface area contributed by atoms with Crippen LogP contribution >= 0.6 is 0 Å². The van der Waals surface area contributed by atoms with Gasteiger partial charge in [-0.1, -0.05) is 24.3 Å². The van der Waals surface area contributed by atoms with E-state index >= 15 is 0 Å². The molecule has 0 radical (unpaired) electrons. The number of para-hydroxylation sites is 1. The van der Waals surface area contributed by atoms with Crippen molar-refractivity contribution < 1.29 is 24.4 Å². The summed E-state index contributed by atoms with van der Waals surface area (Å²) in [7, 11) is 3.36. The van der Waals surface area contributed by atoms with Gasteiger partial charge in [0, 0.05) is 25.7 Å². The number of aryl methyl sites for hydroxylation is 1. The van der Waals surface area contributed by atoms with Gasteiger partial charge in [0.25, 0.3) is 17.6 Å². The lowest BCUT2D eigenvalue weighted by molar-refractivity contribution is -0.114. The smallest absolute Gasteiger partial charge is 0.327 e. The highest BCUT2D eigenvalue weighted by molar-refractivity contribution is 5.94. The predicted molar refractivity (Wildman–Crippen MR) is 144 cm³/mol. The summed E-state index contributed by atoms with van der Waals surface area (Å²) in [5, 5.41) is 5.89. The van der Waals surface area contributed by atoms with Crippen molar-refractivity contribution in [2.24, 2.45) is 5.73 Å². The van der Waals surface area contributed by atoms with E-state index in [1.54, 1.807) is 63.5 Å². The summed E-state index contributed by atoms with van der Waals surface area (Å²) < 4.78 is 18.1. The molecule has 0 bridgehead atoms. The van der Waals surface area contributed by atoms with Crippen molar-refractivity contribution in [3.63, 3.8) is 0 Å². The van der Waals surface area contributed by atoms with Gasteiger partial charge in [0.05, 0.1) is 5.56 Å². The van der Waals surface area contributed by atoms with Gasteiger partial charge in [0.15, 0.2) is 5.65 Å². The van der Waals surface area contributed by atoms with Gasteiger partial charge in [-0.3, -0.25) is 15.9 Å². The summed E-state index contributed by atoms with van der Waals surface area (Å²) in [5.41, 5.74) is 7.68. The molecule has 5 rings (SSSR count). The zero-order chi connectivity index (χ0) is 27.5. The molecule has 2 heterocycles. The molecule has 5 N–H and O–H groups in total. The SMILES string of the molecule is Cc1nc2nc(Oc3cccc(C(=O)N(C)C)c3)nc(Oc3cc(Oc4ccccc4)cc(C(N)=[NH2+])c3)c2[nH]1. The Morgan fingerprint density at radius 1 is 0.821 bits per heavy atom. The fraction of sp³-hybridized carbons (Fsp3) is 0.107. The molecule has 0 unspecified atom stereocenters. The quantitative estimate of drug-likeness (QED) is 0.207. The van der Waals surface area contributed by atoms with E-state index in [0.717, 1.165) is 0 Å². The number of ether oxygens (including phenoxy) is 3. The number of carbonyl (C=O) groups is 1. The van der Waals surface area contributed by atoms with Crippen LogP contribution in [0, 0.1) is 6.92 Å².